The van der Waals surface area contributed by atoms with E-state index in [1.807, 2.05) is 0 Å². The van der Waals surface area contributed by atoms with Gasteiger partial charge in [-0.15, -0.1) is 6.42 Å². The highest BCUT2D eigenvalue weighted by atomic mass is 19.2. The third kappa shape index (κ3) is 4.49. The Morgan fingerprint density at radius 2 is 1.84 bits per heavy atom. The van der Waals surface area contributed by atoms with Crippen LogP contribution in [0.4, 0.5) is 24.7 Å². The molecule has 0 unspecified atom stereocenters. The number of pyridine rings is 1. The van der Waals surface area contributed by atoms with Crippen LogP contribution in [0.15, 0.2) is 18.2 Å². The van der Waals surface area contributed by atoms with Crippen LogP contribution in [-0.2, 0) is 11.2 Å². The second kappa shape index (κ2) is 10.7. The van der Waals surface area contributed by atoms with Crippen LogP contribution >= 0.6 is 0 Å². The second-order valence-electron chi connectivity index (χ2n) is 12.7. The highest BCUT2D eigenvalue weighted by Gasteiger charge is 2.45. The molecule has 0 spiro atoms. The number of aryl methyl sites for hydroxylation is 1. The minimum atomic E-state index is -1.18. The first kappa shape index (κ1) is 28.3. The molecular weight excluding hydrogens is 581 g/mol. The molecule has 4 aromatic rings. The van der Waals surface area contributed by atoms with Crippen molar-refractivity contribution in [1.82, 2.24) is 19.9 Å². The Hall–Kier alpha value is -4.14. The molecule has 11 heteroatoms. The fourth-order valence-electron chi connectivity index (χ4n) is 7.98. The van der Waals surface area contributed by atoms with Crippen molar-refractivity contribution in [1.29, 1.82) is 0 Å². The summed E-state index contributed by atoms with van der Waals surface area (Å²) in [5.41, 5.74) is 6.82. The Morgan fingerprint density at radius 1 is 1.02 bits per heavy atom. The standard InChI is InChI=1S/C34H33F3N6O2/c1-2-22-26-19(15-24(35)28(22)36)14-20(38)16-23(26)30-29(37)31-27-25(39-30)7-6-21-17-44-13-5-12-43(21)32(27)41-33(40-31)45-18-34-8-3-10-42(34)11-4-9-34/h1,14-16,21H,3-13,17-18,38H2/t21-/m0/s1. The molecular formula is C34H33F3N6O2. The predicted octanol–water partition coefficient (Wildman–Crippen LogP) is 5.37. The fourth-order valence-corrected chi connectivity index (χ4v) is 7.98. The van der Waals surface area contributed by atoms with E-state index in [9.17, 15) is 8.78 Å². The summed E-state index contributed by atoms with van der Waals surface area (Å²) in [6.45, 7) is 4.36. The van der Waals surface area contributed by atoms with Crippen LogP contribution < -0.4 is 15.4 Å². The van der Waals surface area contributed by atoms with Crippen molar-refractivity contribution in [3.8, 4) is 29.6 Å². The summed E-state index contributed by atoms with van der Waals surface area (Å²) in [6.07, 6.45) is 12.0. The molecule has 2 aromatic carbocycles. The molecule has 2 N–H and O–H groups in total. The molecule has 45 heavy (non-hydrogen) atoms. The Kier molecular flexibility index (Phi) is 6.76. The quantitative estimate of drug-likeness (QED) is 0.242. The summed E-state index contributed by atoms with van der Waals surface area (Å²) < 4.78 is 58.8. The first-order valence-corrected chi connectivity index (χ1v) is 15.7. The molecule has 0 radical (unpaired) electrons. The van der Waals surface area contributed by atoms with E-state index in [0.717, 1.165) is 51.3 Å². The van der Waals surface area contributed by atoms with Crippen LogP contribution in [0.25, 0.3) is 32.9 Å². The molecule has 0 bridgehead atoms. The lowest BCUT2D eigenvalue weighted by molar-refractivity contribution is 0.108. The van der Waals surface area contributed by atoms with Crippen LogP contribution in [0.2, 0.25) is 0 Å². The molecule has 6 heterocycles. The van der Waals surface area contributed by atoms with E-state index < -0.39 is 17.5 Å². The van der Waals surface area contributed by atoms with E-state index in [0.29, 0.717) is 56.1 Å². The van der Waals surface area contributed by atoms with Gasteiger partial charge in [-0.3, -0.25) is 4.90 Å². The summed E-state index contributed by atoms with van der Waals surface area (Å²) in [7, 11) is 0. The number of rotatable bonds is 4. The summed E-state index contributed by atoms with van der Waals surface area (Å²) in [5.74, 6) is -0.183. The van der Waals surface area contributed by atoms with Crippen molar-refractivity contribution in [3.63, 3.8) is 0 Å². The largest absolute Gasteiger partial charge is 0.461 e. The van der Waals surface area contributed by atoms with Crippen molar-refractivity contribution >= 4 is 33.2 Å². The van der Waals surface area contributed by atoms with E-state index in [-0.39, 0.29) is 56.4 Å². The molecule has 8 rings (SSSR count). The monoisotopic (exact) mass is 614 g/mol. The zero-order chi connectivity index (χ0) is 30.9. The van der Waals surface area contributed by atoms with E-state index in [2.05, 4.69) is 20.7 Å². The van der Waals surface area contributed by atoms with Crippen LogP contribution in [-0.4, -0.2) is 70.9 Å². The van der Waals surface area contributed by atoms with Gasteiger partial charge in [0.05, 0.1) is 34.8 Å². The van der Waals surface area contributed by atoms with Gasteiger partial charge >= 0.3 is 6.01 Å². The molecule has 0 aliphatic carbocycles. The maximum atomic E-state index is 17.0. The molecule has 2 aromatic heterocycles. The van der Waals surface area contributed by atoms with Crippen molar-refractivity contribution in [2.45, 2.75) is 56.5 Å². The second-order valence-corrected chi connectivity index (χ2v) is 12.7. The highest BCUT2D eigenvalue weighted by Crippen LogP contribution is 2.43. The lowest BCUT2D eigenvalue weighted by Gasteiger charge is -2.32. The van der Waals surface area contributed by atoms with Crippen molar-refractivity contribution < 1.29 is 22.6 Å². The average Bonchev–Trinajstić information content (AvgIpc) is 3.47. The molecule has 232 valence electrons. The molecule has 0 saturated carbocycles. The number of benzene rings is 2. The van der Waals surface area contributed by atoms with Gasteiger partial charge in [-0.25, -0.2) is 18.2 Å². The maximum Gasteiger partial charge on any atom is 0.319 e. The fraction of sp³-hybridized carbons (Fsp3) is 0.441. The number of fused-ring (bicyclic) bond motifs is 4. The van der Waals surface area contributed by atoms with E-state index >= 15 is 4.39 Å². The number of anilines is 2. The van der Waals surface area contributed by atoms with E-state index in [4.69, 9.17) is 31.6 Å². The maximum absolute atomic E-state index is 17.0. The number of halogens is 3. The van der Waals surface area contributed by atoms with Gasteiger partial charge in [0.25, 0.3) is 0 Å². The molecule has 4 aliphatic heterocycles. The van der Waals surface area contributed by atoms with Gasteiger partial charge in [0.1, 0.15) is 23.6 Å². The van der Waals surface area contributed by atoms with Gasteiger partial charge in [-0.1, -0.05) is 5.92 Å². The number of nitrogen functional groups attached to an aromatic ring is 1. The Balaban J connectivity index is 1.35. The van der Waals surface area contributed by atoms with Crippen LogP contribution in [0.1, 0.15) is 49.8 Å². The number of aromatic nitrogens is 3. The number of ether oxygens (including phenoxy) is 2. The average molecular weight is 615 g/mol. The number of hydrogen-bond acceptors (Lipinski definition) is 8. The van der Waals surface area contributed by atoms with E-state index in [1.54, 1.807) is 0 Å². The van der Waals surface area contributed by atoms with Crippen molar-refractivity contribution in [2.24, 2.45) is 0 Å². The van der Waals surface area contributed by atoms with Gasteiger partial charge in [0, 0.05) is 29.8 Å². The van der Waals surface area contributed by atoms with E-state index in [1.165, 1.54) is 12.1 Å². The van der Waals surface area contributed by atoms with Crippen molar-refractivity contribution in [3.05, 3.63) is 46.9 Å². The first-order chi connectivity index (χ1) is 21.9. The topological polar surface area (TPSA) is 89.6 Å². The highest BCUT2D eigenvalue weighted by molar-refractivity contribution is 6.04. The Morgan fingerprint density at radius 3 is 2.64 bits per heavy atom. The van der Waals surface area contributed by atoms with Crippen LogP contribution in [0.3, 0.4) is 0 Å². The lowest BCUT2D eigenvalue weighted by Crippen LogP contribution is -2.43. The third-order valence-corrected chi connectivity index (χ3v) is 10.1. The third-order valence-electron chi connectivity index (χ3n) is 10.1. The first-order valence-electron chi connectivity index (χ1n) is 15.7. The predicted molar refractivity (Wildman–Crippen MR) is 166 cm³/mol. The number of nitrogens with zero attached hydrogens (tertiary/aromatic N) is 5. The van der Waals surface area contributed by atoms with Crippen LogP contribution in [0.5, 0.6) is 6.01 Å². The molecule has 8 nitrogen and oxygen atoms in total. The molecule has 1 atom stereocenters. The normalized spacial score (nSPS) is 20.9. The van der Waals surface area contributed by atoms with Crippen molar-refractivity contribution in [2.75, 3.05) is 50.1 Å². The molecule has 3 saturated heterocycles. The number of hydrogen-bond donors (Lipinski definition) is 1. The molecule has 3 fully saturated rings. The lowest BCUT2D eigenvalue weighted by atomic mass is 9.94. The SMILES string of the molecule is C#Cc1c(F)c(F)cc2cc(N)cc(-c3nc4c5c(nc(OCC67CCCN6CCC7)nc5c3F)N3CCCOC[C@@H]3CC4)c12. The Bertz CT molecular complexity index is 1900. The minimum Gasteiger partial charge on any atom is -0.461 e. The van der Waals surface area contributed by atoms with Gasteiger partial charge in [-0.05, 0) is 81.6 Å². The van der Waals surface area contributed by atoms with Gasteiger partial charge in [0.2, 0.25) is 0 Å². The summed E-state index contributed by atoms with van der Waals surface area (Å²) in [4.78, 5) is 19.1. The van der Waals surface area contributed by atoms with Gasteiger partial charge < -0.3 is 20.1 Å². The number of terminal acetylenes is 1. The summed E-state index contributed by atoms with van der Waals surface area (Å²) in [5, 5.41) is 0.933. The zero-order valence-electron chi connectivity index (χ0n) is 24.8. The smallest absolute Gasteiger partial charge is 0.319 e. The molecule has 4 aliphatic rings. The van der Waals surface area contributed by atoms with Gasteiger partial charge in [0.15, 0.2) is 17.5 Å². The summed E-state index contributed by atoms with van der Waals surface area (Å²) in [6, 6.07) is 4.11. The summed E-state index contributed by atoms with van der Waals surface area (Å²) >= 11 is 0. The Labute approximate surface area is 258 Å². The minimum absolute atomic E-state index is 0.0104. The van der Waals surface area contributed by atoms with Crippen LogP contribution in [0, 0.1) is 29.8 Å². The number of nitrogens with two attached hydrogens (primary N) is 1. The van der Waals surface area contributed by atoms with Gasteiger partial charge in [-0.2, -0.15) is 9.97 Å². The molecule has 0 amide bonds. The zero-order valence-corrected chi connectivity index (χ0v) is 24.8.